The molecular weight excluding hydrogens is 306 g/mol. The molecule has 1 heterocycles. The summed E-state index contributed by atoms with van der Waals surface area (Å²) in [6.45, 7) is 3.52. The fourth-order valence-corrected chi connectivity index (χ4v) is 4.91. The summed E-state index contributed by atoms with van der Waals surface area (Å²) < 4.78 is 27.4. The maximum atomic E-state index is 12.9. The van der Waals surface area contributed by atoms with E-state index in [1.807, 2.05) is 30.3 Å². The van der Waals surface area contributed by atoms with E-state index in [4.69, 9.17) is 0 Å². The highest BCUT2D eigenvalue weighted by Crippen LogP contribution is 2.28. The number of rotatable bonds is 5. The first-order valence-electron chi connectivity index (χ1n) is 8.60. The van der Waals surface area contributed by atoms with E-state index < -0.39 is 10.0 Å². The van der Waals surface area contributed by atoms with Gasteiger partial charge in [0.25, 0.3) is 0 Å². The smallest absolute Gasteiger partial charge is 0.207 e. The summed E-state index contributed by atoms with van der Waals surface area (Å²) in [5, 5.41) is 2.05. The lowest BCUT2D eigenvalue weighted by molar-refractivity contribution is 0.260. The van der Waals surface area contributed by atoms with Crippen LogP contribution in [-0.2, 0) is 10.0 Å². The van der Waals surface area contributed by atoms with Crippen molar-refractivity contribution in [2.24, 2.45) is 5.92 Å². The van der Waals surface area contributed by atoms with Crippen LogP contribution < -0.4 is 0 Å². The van der Waals surface area contributed by atoms with E-state index in [0.29, 0.717) is 23.9 Å². The molecule has 0 bridgehead atoms. The molecule has 3 nitrogen and oxygen atoms in total. The van der Waals surface area contributed by atoms with Crippen molar-refractivity contribution in [1.82, 2.24) is 4.31 Å². The van der Waals surface area contributed by atoms with Crippen molar-refractivity contribution in [3.8, 4) is 0 Å². The average Bonchev–Trinajstić information content (AvgIpc) is 2.60. The summed E-state index contributed by atoms with van der Waals surface area (Å²) in [7, 11) is -3.36. The van der Waals surface area contributed by atoms with Crippen LogP contribution in [0.1, 0.15) is 39.0 Å². The van der Waals surface area contributed by atoms with Gasteiger partial charge in [-0.05, 0) is 41.7 Å². The summed E-state index contributed by atoms with van der Waals surface area (Å²) in [5.41, 5.74) is 0. The Bertz CT molecular complexity index is 762. The fourth-order valence-electron chi connectivity index (χ4n) is 3.41. The minimum absolute atomic E-state index is 0.420. The van der Waals surface area contributed by atoms with Crippen molar-refractivity contribution >= 4 is 20.8 Å². The third-order valence-corrected chi connectivity index (χ3v) is 6.79. The lowest BCUT2D eigenvalue weighted by Crippen LogP contribution is -2.38. The standard InChI is InChI=1S/C19H25NO2S/c1-2-3-6-16-11-13-20(14-12-16)23(21,22)19-10-9-17-7-4-5-8-18(17)15-19/h4-5,7-10,15-16H,2-3,6,11-14H2,1H3. The summed E-state index contributed by atoms with van der Waals surface area (Å²) >= 11 is 0. The van der Waals surface area contributed by atoms with E-state index in [1.54, 1.807) is 16.4 Å². The van der Waals surface area contributed by atoms with E-state index >= 15 is 0 Å². The van der Waals surface area contributed by atoms with Gasteiger partial charge in [0.05, 0.1) is 4.90 Å². The Kier molecular flexibility index (Phi) is 5.02. The van der Waals surface area contributed by atoms with Gasteiger partial charge in [0.2, 0.25) is 10.0 Å². The normalized spacial score (nSPS) is 17.6. The van der Waals surface area contributed by atoms with Crippen molar-refractivity contribution in [1.29, 1.82) is 0 Å². The molecule has 0 unspecified atom stereocenters. The average molecular weight is 331 g/mol. The van der Waals surface area contributed by atoms with Gasteiger partial charge >= 0.3 is 0 Å². The minimum Gasteiger partial charge on any atom is -0.207 e. The third-order valence-electron chi connectivity index (χ3n) is 4.90. The van der Waals surface area contributed by atoms with Crippen LogP contribution in [0.3, 0.4) is 0 Å². The van der Waals surface area contributed by atoms with Crippen molar-refractivity contribution in [3.05, 3.63) is 42.5 Å². The molecule has 0 N–H and O–H groups in total. The van der Waals surface area contributed by atoms with Crippen molar-refractivity contribution < 1.29 is 8.42 Å². The van der Waals surface area contributed by atoms with Gasteiger partial charge in [-0.25, -0.2) is 8.42 Å². The molecule has 23 heavy (non-hydrogen) atoms. The van der Waals surface area contributed by atoms with Crippen LogP contribution in [0.25, 0.3) is 10.8 Å². The summed E-state index contributed by atoms with van der Waals surface area (Å²) in [5.74, 6) is 0.693. The molecule has 1 saturated heterocycles. The highest BCUT2D eigenvalue weighted by atomic mass is 32.2. The number of fused-ring (bicyclic) bond motifs is 1. The van der Waals surface area contributed by atoms with E-state index in [0.717, 1.165) is 23.6 Å². The predicted molar refractivity (Wildman–Crippen MR) is 95.0 cm³/mol. The highest BCUT2D eigenvalue weighted by molar-refractivity contribution is 7.89. The zero-order valence-electron chi connectivity index (χ0n) is 13.7. The zero-order valence-corrected chi connectivity index (χ0v) is 14.6. The molecule has 0 amide bonds. The number of sulfonamides is 1. The first kappa shape index (κ1) is 16.5. The Morgan fingerprint density at radius 1 is 1.04 bits per heavy atom. The first-order valence-corrected chi connectivity index (χ1v) is 10.0. The Balaban J connectivity index is 1.76. The second-order valence-electron chi connectivity index (χ2n) is 6.50. The van der Waals surface area contributed by atoms with Gasteiger partial charge in [-0.3, -0.25) is 0 Å². The molecule has 1 aliphatic heterocycles. The third kappa shape index (κ3) is 3.59. The second kappa shape index (κ2) is 7.02. The molecule has 0 radical (unpaired) electrons. The lowest BCUT2D eigenvalue weighted by Gasteiger charge is -2.31. The molecule has 0 aromatic heterocycles. The van der Waals surface area contributed by atoms with Crippen LogP contribution in [0.15, 0.2) is 47.4 Å². The summed E-state index contributed by atoms with van der Waals surface area (Å²) in [6.07, 6.45) is 5.69. The van der Waals surface area contributed by atoms with Crippen LogP contribution in [-0.4, -0.2) is 25.8 Å². The molecule has 0 atom stereocenters. The van der Waals surface area contributed by atoms with Gasteiger partial charge in [0.15, 0.2) is 0 Å². The Hall–Kier alpha value is -1.39. The molecule has 2 aromatic rings. The van der Waals surface area contributed by atoms with Crippen LogP contribution in [0, 0.1) is 5.92 Å². The van der Waals surface area contributed by atoms with Gasteiger partial charge in [-0.2, -0.15) is 4.31 Å². The number of benzene rings is 2. The predicted octanol–water partition coefficient (Wildman–Crippen LogP) is 4.43. The van der Waals surface area contributed by atoms with Crippen molar-refractivity contribution in [2.45, 2.75) is 43.9 Å². The van der Waals surface area contributed by atoms with Crippen LogP contribution in [0.4, 0.5) is 0 Å². The molecule has 0 aliphatic carbocycles. The summed E-state index contributed by atoms with van der Waals surface area (Å²) in [6, 6.07) is 13.3. The van der Waals surface area contributed by atoms with Gasteiger partial charge in [-0.15, -0.1) is 0 Å². The Labute approximate surface area is 139 Å². The maximum Gasteiger partial charge on any atom is 0.243 e. The molecule has 1 fully saturated rings. The molecule has 2 aromatic carbocycles. The fraction of sp³-hybridized carbons (Fsp3) is 0.474. The van der Waals surface area contributed by atoms with E-state index in [2.05, 4.69) is 6.92 Å². The highest BCUT2D eigenvalue weighted by Gasteiger charge is 2.29. The molecule has 3 rings (SSSR count). The SMILES string of the molecule is CCCCC1CCN(S(=O)(=O)c2ccc3ccccc3c2)CC1. The first-order chi connectivity index (χ1) is 11.1. The quantitative estimate of drug-likeness (QED) is 0.813. The molecule has 0 saturated carbocycles. The molecular formula is C19H25NO2S. The number of hydrogen-bond acceptors (Lipinski definition) is 2. The maximum absolute atomic E-state index is 12.9. The topological polar surface area (TPSA) is 37.4 Å². The van der Waals surface area contributed by atoms with Crippen molar-refractivity contribution in [2.75, 3.05) is 13.1 Å². The zero-order chi connectivity index (χ0) is 16.3. The summed E-state index contributed by atoms with van der Waals surface area (Å²) in [4.78, 5) is 0.420. The van der Waals surface area contributed by atoms with Gasteiger partial charge in [0.1, 0.15) is 0 Å². The van der Waals surface area contributed by atoms with E-state index in [1.165, 1.54) is 19.3 Å². The minimum atomic E-state index is -3.36. The molecule has 0 spiro atoms. The molecule has 4 heteroatoms. The van der Waals surface area contributed by atoms with E-state index in [-0.39, 0.29) is 0 Å². The number of hydrogen-bond donors (Lipinski definition) is 0. The van der Waals surface area contributed by atoms with Gasteiger partial charge in [-0.1, -0.05) is 56.5 Å². The monoisotopic (exact) mass is 331 g/mol. The van der Waals surface area contributed by atoms with E-state index in [9.17, 15) is 8.42 Å². The van der Waals surface area contributed by atoms with Gasteiger partial charge < -0.3 is 0 Å². The molecule has 1 aliphatic rings. The van der Waals surface area contributed by atoms with Crippen LogP contribution in [0.5, 0.6) is 0 Å². The van der Waals surface area contributed by atoms with Crippen LogP contribution in [0.2, 0.25) is 0 Å². The van der Waals surface area contributed by atoms with Gasteiger partial charge in [0, 0.05) is 13.1 Å². The number of unbranched alkanes of at least 4 members (excludes halogenated alkanes) is 1. The van der Waals surface area contributed by atoms with Crippen LogP contribution >= 0.6 is 0 Å². The Morgan fingerprint density at radius 2 is 1.74 bits per heavy atom. The second-order valence-corrected chi connectivity index (χ2v) is 8.44. The number of nitrogens with zero attached hydrogens (tertiary/aromatic N) is 1. The largest absolute Gasteiger partial charge is 0.243 e. The number of piperidine rings is 1. The van der Waals surface area contributed by atoms with Crippen molar-refractivity contribution in [3.63, 3.8) is 0 Å². The molecule has 124 valence electrons. The lowest BCUT2D eigenvalue weighted by atomic mass is 9.93. The Morgan fingerprint density at radius 3 is 2.43 bits per heavy atom.